The molecule has 0 aromatic heterocycles. The second-order valence-corrected chi connectivity index (χ2v) is 9.20. The zero-order valence-electron chi connectivity index (χ0n) is 19.5. The van der Waals surface area contributed by atoms with E-state index in [1.165, 1.54) is 24.7 Å². The van der Waals surface area contributed by atoms with Crippen LogP contribution < -0.4 is 10.6 Å². The summed E-state index contributed by atoms with van der Waals surface area (Å²) in [7, 11) is 0. The first-order chi connectivity index (χ1) is 17.2. The van der Waals surface area contributed by atoms with Crippen molar-refractivity contribution in [2.24, 2.45) is 15.9 Å². The van der Waals surface area contributed by atoms with Crippen molar-refractivity contribution in [2.75, 3.05) is 24.7 Å². The molecule has 1 amide bonds. The molecule has 3 N–H and O–H groups in total. The molecule has 0 aliphatic carbocycles. The highest BCUT2D eigenvalue weighted by Crippen LogP contribution is 2.30. The van der Waals surface area contributed by atoms with Crippen molar-refractivity contribution in [3.8, 4) is 0 Å². The van der Waals surface area contributed by atoms with E-state index in [2.05, 4.69) is 20.6 Å². The summed E-state index contributed by atoms with van der Waals surface area (Å²) in [5, 5.41) is 14.1. The summed E-state index contributed by atoms with van der Waals surface area (Å²) in [6.07, 6.45) is 1.04. The van der Waals surface area contributed by atoms with E-state index in [1.807, 2.05) is 35.4 Å². The highest BCUT2D eigenvalue weighted by atomic mass is 32.2. The minimum absolute atomic E-state index is 0.0268. The van der Waals surface area contributed by atoms with Gasteiger partial charge in [0.25, 0.3) is 0 Å². The molecule has 11 heteroatoms. The van der Waals surface area contributed by atoms with Gasteiger partial charge in [0.2, 0.25) is 5.91 Å². The normalized spacial score (nSPS) is 18.9. The van der Waals surface area contributed by atoms with Gasteiger partial charge in [-0.15, -0.1) is 11.8 Å². The Morgan fingerprint density at radius 2 is 1.92 bits per heavy atom. The maximum absolute atomic E-state index is 12.8. The van der Waals surface area contributed by atoms with E-state index < -0.39 is 11.7 Å². The number of hydrogen-bond donors (Lipinski definition) is 3. The Morgan fingerprint density at radius 3 is 2.58 bits per heavy atom. The van der Waals surface area contributed by atoms with Crippen LogP contribution in [0, 0.1) is 11.3 Å². The van der Waals surface area contributed by atoms with Crippen LogP contribution in [0.1, 0.15) is 17.5 Å². The number of anilines is 1. The molecule has 1 saturated heterocycles. The lowest BCUT2D eigenvalue weighted by Gasteiger charge is -2.23. The quantitative estimate of drug-likeness (QED) is 0.484. The maximum atomic E-state index is 12.8. The van der Waals surface area contributed by atoms with Gasteiger partial charge < -0.3 is 15.5 Å². The van der Waals surface area contributed by atoms with Crippen molar-refractivity contribution < 1.29 is 18.0 Å². The van der Waals surface area contributed by atoms with Crippen LogP contribution in [-0.4, -0.2) is 48.2 Å². The number of halogens is 3. The minimum Gasteiger partial charge on any atom is -0.361 e. The second-order valence-electron chi connectivity index (χ2n) is 8.32. The second kappa shape index (κ2) is 11.0. The van der Waals surface area contributed by atoms with E-state index in [4.69, 9.17) is 5.41 Å². The number of carbonyl (C=O) groups excluding carboxylic acids is 1. The molecule has 0 bridgehead atoms. The van der Waals surface area contributed by atoms with Crippen LogP contribution in [0.2, 0.25) is 0 Å². The predicted molar refractivity (Wildman–Crippen MR) is 137 cm³/mol. The average molecular weight is 515 g/mol. The number of thioether (sulfide) groups is 1. The number of aliphatic imine (C=N–C) groups is 2. The third-order valence-corrected chi connectivity index (χ3v) is 6.69. The van der Waals surface area contributed by atoms with E-state index in [9.17, 15) is 18.0 Å². The Morgan fingerprint density at radius 1 is 1.19 bits per heavy atom. The molecule has 0 spiro atoms. The van der Waals surface area contributed by atoms with Crippen molar-refractivity contribution in [3.63, 3.8) is 0 Å². The van der Waals surface area contributed by atoms with E-state index in [0.717, 1.165) is 22.6 Å². The van der Waals surface area contributed by atoms with Gasteiger partial charge in [0, 0.05) is 36.4 Å². The monoisotopic (exact) mass is 514 g/mol. The van der Waals surface area contributed by atoms with Gasteiger partial charge in [0.15, 0.2) is 5.84 Å². The molecular formula is C25H25F3N6OS. The van der Waals surface area contributed by atoms with Crippen LogP contribution in [0.5, 0.6) is 0 Å². The zero-order valence-corrected chi connectivity index (χ0v) is 20.3. The molecule has 7 nitrogen and oxygen atoms in total. The van der Waals surface area contributed by atoms with Crippen LogP contribution in [-0.2, 0) is 17.5 Å². The van der Waals surface area contributed by atoms with Gasteiger partial charge in [-0.3, -0.25) is 10.2 Å². The van der Waals surface area contributed by atoms with Crippen molar-refractivity contribution >= 4 is 41.4 Å². The SMILES string of the molecule is CSc1ccc(CNC(=O)C2CCN(C3=NC=NC(=N)/C3=C\Nc3ccc(C(F)(F)F)cc3)C2)cc1. The molecular weight excluding hydrogens is 489 g/mol. The predicted octanol–water partition coefficient (Wildman–Crippen LogP) is 4.78. The van der Waals surface area contributed by atoms with Gasteiger partial charge in [0.1, 0.15) is 12.2 Å². The zero-order chi connectivity index (χ0) is 25.7. The molecule has 2 aliphatic heterocycles. The number of alkyl halides is 3. The largest absolute Gasteiger partial charge is 0.416 e. The third kappa shape index (κ3) is 6.14. The molecule has 2 aromatic rings. The van der Waals surface area contributed by atoms with Crippen LogP contribution in [0.3, 0.4) is 0 Å². The smallest absolute Gasteiger partial charge is 0.361 e. The Balaban J connectivity index is 1.38. The first-order valence-electron chi connectivity index (χ1n) is 11.2. The van der Waals surface area contributed by atoms with Gasteiger partial charge in [-0.05, 0) is 54.6 Å². The number of nitrogens with zero attached hydrogens (tertiary/aromatic N) is 3. The molecule has 4 rings (SSSR count). The Kier molecular flexibility index (Phi) is 7.78. The van der Waals surface area contributed by atoms with Crippen molar-refractivity contribution in [1.82, 2.24) is 10.2 Å². The van der Waals surface area contributed by atoms with Gasteiger partial charge in [-0.25, -0.2) is 9.98 Å². The molecule has 2 heterocycles. The summed E-state index contributed by atoms with van der Waals surface area (Å²) >= 11 is 1.66. The molecule has 2 aliphatic rings. The lowest BCUT2D eigenvalue weighted by molar-refractivity contribution is -0.137. The molecule has 2 aromatic carbocycles. The van der Waals surface area contributed by atoms with Crippen molar-refractivity contribution in [2.45, 2.75) is 24.0 Å². The van der Waals surface area contributed by atoms with Gasteiger partial charge >= 0.3 is 6.18 Å². The molecule has 1 atom stereocenters. The summed E-state index contributed by atoms with van der Waals surface area (Å²) in [5.41, 5.74) is 1.11. The van der Waals surface area contributed by atoms with Gasteiger partial charge in [-0.2, -0.15) is 13.2 Å². The number of nitrogens with one attached hydrogen (secondary N) is 3. The first-order valence-corrected chi connectivity index (χ1v) is 12.5. The Labute approximate surface area is 211 Å². The fraction of sp³-hybridized carbons (Fsp3) is 0.280. The summed E-state index contributed by atoms with van der Waals surface area (Å²) in [6, 6.07) is 12.6. The number of rotatable bonds is 6. The molecule has 0 saturated carbocycles. The summed E-state index contributed by atoms with van der Waals surface area (Å²) < 4.78 is 38.4. The first kappa shape index (κ1) is 25.5. The molecule has 1 fully saturated rings. The highest BCUT2D eigenvalue weighted by molar-refractivity contribution is 7.98. The number of benzene rings is 2. The number of likely N-dealkylation sites (tertiary alicyclic amines) is 1. The van der Waals surface area contributed by atoms with Crippen molar-refractivity contribution in [3.05, 3.63) is 71.4 Å². The fourth-order valence-corrected chi connectivity index (χ4v) is 4.33. The molecule has 0 radical (unpaired) electrons. The van der Waals surface area contributed by atoms with Crippen LogP contribution >= 0.6 is 11.8 Å². The summed E-state index contributed by atoms with van der Waals surface area (Å²) in [5.74, 6) is 0.203. The van der Waals surface area contributed by atoms with Crippen LogP contribution in [0.4, 0.5) is 18.9 Å². The van der Waals surface area contributed by atoms with E-state index in [1.54, 1.807) is 11.8 Å². The standard InChI is InChI=1S/C25H25F3N6OS/c1-36-20-8-2-16(3-9-20)12-31-24(35)17-10-11-34(14-17)23-21(22(29)32-15-33-23)13-30-19-6-4-18(5-7-19)25(26,27)28/h2-9,13,15,17,29-30H,10-12,14H2,1H3,(H,31,35)/b21-13+,29-22?. The number of hydrogen-bond acceptors (Lipinski definition) is 6. The third-order valence-electron chi connectivity index (χ3n) is 5.94. The van der Waals surface area contributed by atoms with E-state index >= 15 is 0 Å². The van der Waals surface area contributed by atoms with E-state index in [0.29, 0.717) is 43.2 Å². The number of amidine groups is 2. The summed E-state index contributed by atoms with van der Waals surface area (Å²) in [6.45, 7) is 1.47. The Bertz CT molecular complexity index is 1210. The average Bonchev–Trinajstić information content (AvgIpc) is 3.37. The fourth-order valence-electron chi connectivity index (χ4n) is 3.93. The topological polar surface area (TPSA) is 92.9 Å². The lowest BCUT2D eigenvalue weighted by atomic mass is 10.1. The molecule has 188 valence electrons. The van der Waals surface area contributed by atoms with Gasteiger partial charge in [0.05, 0.1) is 17.1 Å². The van der Waals surface area contributed by atoms with Crippen molar-refractivity contribution in [1.29, 1.82) is 5.41 Å². The highest BCUT2D eigenvalue weighted by Gasteiger charge is 2.33. The van der Waals surface area contributed by atoms with E-state index in [-0.39, 0.29) is 17.7 Å². The Hall–Kier alpha value is -3.60. The maximum Gasteiger partial charge on any atom is 0.416 e. The molecule has 36 heavy (non-hydrogen) atoms. The van der Waals surface area contributed by atoms with Crippen LogP contribution in [0.25, 0.3) is 0 Å². The minimum atomic E-state index is -4.41. The van der Waals surface area contributed by atoms with Crippen LogP contribution in [0.15, 0.2) is 75.2 Å². The summed E-state index contributed by atoms with van der Waals surface area (Å²) in [4.78, 5) is 24.1. The lowest BCUT2D eigenvalue weighted by Crippen LogP contribution is -2.37. The number of amides is 1. The van der Waals surface area contributed by atoms with Gasteiger partial charge in [-0.1, -0.05) is 12.1 Å². The molecule has 1 unspecified atom stereocenters. The number of carbonyl (C=O) groups is 1.